The van der Waals surface area contributed by atoms with Crippen molar-refractivity contribution in [3.63, 3.8) is 0 Å². The molecule has 0 aromatic heterocycles. The highest BCUT2D eigenvalue weighted by Crippen LogP contribution is 2.39. The van der Waals surface area contributed by atoms with E-state index in [1.807, 2.05) is 6.92 Å². The highest BCUT2D eigenvalue weighted by atomic mass is 19.4. The standard InChI is InChI=1S/C27H23F6N3O4/c1-16-2-6-20(7-3-16)40-24-9-5-18(26(28,29)30)14-21(24)34-25(37)17-10-12-35(13-11-17)22-8-4-19(27(31,32)33)15-23(22)36(38)39/h2-9,14-15,17H,10-13H2,1H3,(H,34,37). The molecule has 1 saturated heterocycles. The molecule has 1 amide bonds. The van der Waals surface area contributed by atoms with Crippen molar-refractivity contribution < 1.29 is 40.8 Å². The maximum Gasteiger partial charge on any atom is 0.416 e. The number of halogens is 6. The Morgan fingerprint density at radius 1 is 0.925 bits per heavy atom. The zero-order valence-electron chi connectivity index (χ0n) is 21.0. The van der Waals surface area contributed by atoms with Crippen LogP contribution in [0.3, 0.4) is 0 Å². The summed E-state index contributed by atoms with van der Waals surface area (Å²) in [5.74, 6) is -0.878. The molecule has 0 spiro atoms. The van der Waals surface area contributed by atoms with Gasteiger partial charge >= 0.3 is 12.4 Å². The minimum absolute atomic E-state index is 0.00279. The van der Waals surface area contributed by atoms with Crippen LogP contribution in [0.5, 0.6) is 11.5 Å². The van der Waals surface area contributed by atoms with Gasteiger partial charge in [0, 0.05) is 25.1 Å². The number of anilines is 2. The van der Waals surface area contributed by atoms with Crippen LogP contribution in [0.25, 0.3) is 0 Å². The first-order valence-electron chi connectivity index (χ1n) is 12.1. The van der Waals surface area contributed by atoms with E-state index in [0.29, 0.717) is 11.8 Å². The second-order valence-corrected chi connectivity index (χ2v) is 9.33. The molecule has 0 saturated carbocycles. The van der Waals surface area contributed by atoms with E-state index in [0.717, 1.165) is 35.9 Å². The summed E-state index contributed by atoms with van der Waals surface area (Å²) in [7, 11) is 0. The summed E-state index contributed by atoms with van der Waals surface area (Å²) in [5.41, 5.74) is -2.09. The van der Waals surface area contributed by atoms with Crippen molar-refractivity contribution in [2.45, 2.75) is 32.1 Å². The zero-order valence-corrected chi connectivity index (χ0v) is 21.0. The molecular weight excluding hydrogens is 544 g/mol. The Bertz CT molecular complexity index is 1400. The second kappa shape index (κ2) is 11.1. The molecular formula is C27H23F6N3O4. The predicted octanol–water partition coefficient (Wildman–Crippen LogP) is 7.59. The summed E-state index contributed by atoms with van der Waals surface area (Å²) in [5, 5.41) is 14.0. The molecule has 0 radical (unpaired) electrons. The Kier molecular flexibility index (Phi) is 7.94. The van der Waals surface area contributed by atoms with Gasteiger partial charge in [-0.25, -0.2) is 0 Å². The first-order valence-corrected chi connectivity index (χ1v) is 12.1. The van der Waals surface area contributed by atoms with E-state index in [1.165, 1.54) is 4.90 Å². The number of nitrogens with zero attached hydrogens (tertiary/aromatic N) is 2. The number of aryl methyl sites for hydroxylation is 1. The van der Waals surface area contributed by atoms with Gasteiger partial charge in [0.15, 0.2) is 5.75 Å². The fourth-order valence-electron chi connectivity index (χ4n) is 4.36. The van der Waals surface area contributed by atoms with Gasteiger partial charge in [0.2, 0.25) is 5.91 Å². The molecule has 4 rings (SSSR count). The lowest BCUT2D eigenvalue weighted by molar-refractivity contribution is -0.384. The monoisotopic (exact) mass is 567 g/mol. The summed E-state index contributed by atoms with van der Waals surface area (Å²) in [6.45, 7) is 2.08. The molecule has 0 aliphatic carbocycles. The van der Waals surface area contributed by atoms with Gasteiger partial charge < -0.3 is 15.0 Å². The van der Waals surface area contributed by atoms with Gasteiger partial charge in [-0.15, -0.1) is 0 Å². The lowest BCUT2D eigenvalue weighted by Crippen LogP contribution is -2.38. The van der Waals surface area contributed by atoms with Gasteiger partial charge in [-0.3, -0.25) is 14.9 Å². The van der Waals surface area contributed by atoms with Crippen molar-refractivity contribution in [2.75, 3.05) is 23.3 Å². The van der Waals surface area contributed by atoms with Crippen LogP contribution in [-0.4, -0.2) is 23.9 Å². The summed E-state index contributed by atoms with van der Waals surface area (Å²) in [4.78, 5) is 25.1. The number of nitro benzene ring substituents is 1. The first-order chi connectivity index (χ1) is 18.7. The second-order valence-electron chi connectivity index (χ2n) is 9.33. The molecule has 3 aromatic carbocycles. The normalized spacial score (nSPS) is 14.6. The Labute approximate surface area is 224 Å². The zero-order chi connectivity index (χ0) is 29.2. The summed E-state index contributed by atoms with van der Waals surface area (Å²) in [6.07, 6.45) is -9.09. The Hall–Kier alpha value is -4.29. The quantitative estimate of drug-likeness (QED) is 0.189. The largest absolute Gasteiger partial charge is 0.455 e. The van der Waals surface area contributed by atoms with Crippen molar-refractivity contribution in [1.29, 1.82) is 0 Å². The topological polar surface area (TPSA) is 84.7 Å². The van der Waals surface area contributed by atoms with Crippen molar-refractivity contribution >= 4 is 23.0 Å². The van der Waals surface area contributed by atoms with E-state index >= 15 is 0 Å². The van der Waals surface area contributed by atoms with E-state index in [9.17, 15) is 41.3 Å². The van der Waals surface area contributed by atoms with Gasteiger partial charge in [-0.2, -0.15) is 26.3 Å². The minimum Gasteiger partial charge on any atom is -0.455 e. The van der Waals surface area contributed by atoms with E-state index in [4.69, 9.17) is 4.74 Å². The molecule has 1 heterocycles. The average molecular weight is 567 g/mol. The molecule has 3 aromatic rings. The van der Waals surface area contributed by atoms with Crippen molar-refractivity contribution in [3.05, 3.63) is 87.5 Å². The van der Waals surface area contributed by atoms with Crippen molar-refractivity contribution in [3.8, 4) is 11.5 Å². The molecule has 13 heteroatoms. The molecule has 0 bridgehead atoms. The van der Waals surface area contributed by atoms with Crippen LogP contribution in [0.1, 0.15) is 29.5 Å². The molecule has 1 aliphatic heterocycles. The maximum atomic E-state index is 13.4. The third-order valence-electron chi connectivity index (χ3n) is 6.52. The lowest BCUT2D eigenvalue weighted by Gasteiger charge is -2.33. The van der Waals surface area contributed by atoms with Gasteiger partial charge in [0.1, 0.15) is 11.4 Å². The van der Waals surface area contributed by atoms with Gasteiger partial charge in [0.05, 0.1) is 21.7 Å². The van der Waals surface area contributed by atoms with Gasteiger partial charge in [-0.1, -0.05) is 17.7 Å². The van der Waals surface area contributed by atoms with Crippen LogP contribution in [0.4, 0.5) is 43.4 Å². The summed E-state index contributed by atoms with van der Waals surface area (Å²) < 4.78 is 84.9. The van der Waals surface area contributed by atoms with E-state index in [-0.39, 0.29) is 43.1 Å². The van der Waals surface area contributed by atoms with E-state index in [1.54, 1.807) is 24.3 Å². The first kappa shape index (κ1) is 28.7. The number of alkyl halides is 6. The molecule has 1 aliphatic rings. The van der Waals surface area contributed by atoms with Crippen LogP contribution < -0.4 is 15.0 Å². The highest BCUT2D eigenvalue weighted by molar-refractivity contribution is 5.94. The minimum atomic E-state index is -4.75. The molecule has 1 N–H and O–H groups in total. The third-order valence-corrected chi connectivity index (χ3v) is 6.52. The Morgan fingerprint density at radius 2 is 1.50 bits per heavy atom. The number of carbonyl (C=O) groups is 1. The molecule has 0 atom stereocenters. The number of hydrogen-bond acceptors (Lipinski definition) is 5. The molecule has 212 valence electrons. The number of nitrogens with one attached hydrogen (secondary N) is 1. The van der Waals surface area contributed by atoms with E-state index < -0.39 is 45.9 Å². The van der Waals surface area contributed by atoms with Crippen LogP contribution in [-0.2, 0) is 17.1 Å². The molecule has 7 nitrogen and oxygen atoms in total. The molecule has 40 heavy (non-hydrogen) atoms. The number of piperidine rings is 1. The average Bonchev–Trinajstić information content (AvgIpc) is 2.89. The number of carbonyl (C=O) groups excluding carboxylic acids is 1. The SMILES string of the molecule is Cc1ccc(Oc2ccc(C(F)(F)F)cc2NC(=O)C2CCN(c3ccc(C(F)(F)F)cc3[N+](=O)[O-])CC2)cc1. The summed E-state index contributed by atoms with van der Waals surface area (Å²) >= 11 is 0. The van der Waals surface area contributed by atoms with E-state index in [2.05, 4.69) is 5.32 Å². The van der Waals surface area contributed by atoms with Gasteiger partial charge in [-0.05, 0) is 62.2 Å². The third kappa shape index (κ3) is 6.64. The molecule has 0 unspecified atom stereocenters. The summed E-state index contributed by atoms with van der Waals surface area (Å²) in [6, 6.07) is 11.8. The Morgan fingerprint density at radius 3 is 2.08 bits per heavy atom. The van der Waals surface area contributed by atoms with Gasteiger partial charge in [0.25, 0.3) is 5.69 Å². The lowest BCUT2D eigenvalue weighted by atomic mass is 9.95. The maximum absolute atomic E-state index is 13.4. The number of nitro groups is 1. The number of hydrogen-bond donors (Lipinski definition) is 1. The fraction of sp³-hybridized carbons (Fsp3) is 0.296. The fourth-order valence-corrected chi connectivity index (χ4v) is 4.36. The van der Waals surface area contributed by atoms with Crippen LogP contribution >= 0.6 is 0 Å². The predicted molar refractivity (Wildman–Crippen MR) is 134 cm³/mol. The smallest absolute Gasteiger partial charge is 0.416 e. The van der Waals surface area contributed by atoms with Crippen molar-refractivity contribution in [1.82, 2.24) is 0 Å². The van der Waals surface area contributed by atoms with Crippen LogP contribution in [0.15, 0.2) is 60.7 Å². The van der Waals surface area contributed by atoms with Crippen molar-refractivity contribution in [2.24, 2.45) is 5.92 Å². The number of rotatable bonds is 6. The van der Waals surface area contributed by atoms with Crippen LogP contribution in [0, 0.1) is 23.0 Å². The Balaban J connectivity index is 1.50. The highest BCUT2D eigenvalue weighted by Gasteiger charge is 2.35. The number of benzene rings is 3. The molecule has 1 fully saturated rings. The van der Waals surface area contributed by atoms with Crippen LogP contribution in [0.2, 0.25) is 0 Å². The number of ether oxygens (including phenoxy) is 1. The number of amides is 1.